The molecule has 0 aromatic heterocycles. The maximum absolute atomic E-state index is 13.9. The van der Waals surface area contributed by atoms with Gasteiger partial charge in [0.05, 0.1) is 28.6 Å². The first-order valence-electron chi connectivity index (χ1n) is 11.4. The summed E-state index contributed by atoms with van der Waals surface area (Å²) in [6.45, 7) is 1.52. The summed E-state index contributed by atoms with van der Waals surface area (Å²) in [5.41, 5.74) is -1.57. The van der Waals surface area contributed by atoms with Gasteiger partial charge in [-0.2, -0.15) is 0 Å². The molecule has 0 radical (unpaired) electrons. The lowest BCUT2D eigenvalue weighted by Gasteiger charge is -2.27. The molecule has 0 unspecified atom stereocenters. The number of ketones is 2. The van der Waals surface area contributed by atoms with Crippen molar-refractivity contribution in [1.29, 1.82) is 0 Å². The highest BCUT2D eigenvalue weighted by Crippen LogP contribution is 2.57. The molecular formula is C27H17FN2O7. The number of non-ortho nitro benzene ring substituents is 1. The van der Waals surface area contributed by atoms with Crippen LogP contribution >= 0.6 is 0 Å². The summed E-state index contributed by atoms with van der Waals surface area (Å²) in [7, 11) is 0. The second-order valence-corrected chi connectivity index (χ2v) is 9.27. The second kappa shape index (κ2) is 7.71. The Labute approximate surface area is 208 Å². The highest BCUT2D eigenvalue weighted by atomic mass is 19.1. The molecule has 1 aliphatic carbocycles. The Morgan fingerprint density at radius 1 is 0.919 bits per heavy atom. The van der Waals surface area contributed by atoms with E-state index in [0.29, 0.717) is 5.56 Å². The highest BCUT2D eigenvalue weighted by molar-refractivity contribution is 6.37. The third kappa shape index (κ3) is 2.93. The van der Waals surface area contributed by atoms with Crippen molar-refractivity contribution in [1.82, 2.24) is 0 Å². The average molecular weight is 500 g/mol. The first-order chi connectivity index (χ1) is 17.7. The molecule has 0 saturated carbocycles. The van der Waals surface area contributed by atoms with Gasteiger partial charge in [0.25, 0.3) is 5.69 Å². The number of carbonyl (C=O) groups excluding carboxylic acids is 4. The molecule has 10 heteroatoms. The summed E-state index contributed by atoms with van der Waals surface area (Å²) in [6.07, 6.45) is -1.19. The van der Waals surface area contributed by atoms with E-state index in [4.69, 9.17) is 4.74 Å². The number of nitro benzene ring substituents is 1. The molecule has 184 valence electrons. The Morgan fingerprint density at radius 3 is 2.11 bits per heavy atom. The zero-order valence-electron chi connectivity index (χ0n) is 19.2. The first-order valence-corrected chi connectivity index (χ1v) is 11.4. The van der Waals surface area contributed by atoms with Crippen molar-refractivity contribution in [3.63, 3.8) is 0 Å². The number of aryl methyl sites for hydroxylation is 1. The third-order valence-electron chi connectivity index (χ3n) is 7.35. The fraction of sp³-hybridized carbons (Fsp3) is 0.185. The number of halogens is 1. The van der Waals surface area contributed by atoms with Crippen molar-refractivity contribution < 1.29 is 33.2 Å². The zero-order chi connectivity index (χ0) is 26.2. The maximum Gasteiger partial charge on any atom is 0.269 e. The van der Waals surface area contributed by atoms with Crippen molar-refractivity contribution >= 4 is 34.8 Å². The van der Waals surface area contributed by atoms with E-state index in [9.17, 15) is 33.7 Å². The molecule has 0 N–H and O–H groups in total. The van der Waals surface area contributed by atoms with E-state index in [1.54, 1.807) is 12.1 Å². The van der Waals surface area contributed by atoms with E-state index in [0.717, 1.165) is 17.0 Å². The predicted octanol–water partition coefficient (Wildman–Crippen LogP) is 3.74. The number of ether oxygens (including phenoxy) is 1. The number of nitrogens with zero attached hydrogens (tertiary/aromatic N) is 2. The van der Waals surface area contributed by atoms with Gasteiger partial charge in [-0.25, -0.2) is 9.29 Å². The van der Waals surface area contributed by atoms with Crippen LogP contribution in [0.1, 0.15) is 37.9 Å². The maximum atomic E-state index is 13.9. The van der Waals surface area contributed by atoms with Crippen LogP contribution in [0.15, 0.2) is 66.7 Å². The summed E-state index contributed by atoms with van der Waals surface area (Å²) >= 11 is 0. The van der Waals surface area contributed by atoms with E-state index in [1.165, 1.54) is 49.4 Å². The third-order valence-corrected chi connectivity index (χ3v) is 7.35. The number of hydrogen-bond donors (Lipinski definition) is 0. The highest BCUT2D eigenvalue weighted by Gasteiger charge is 2.74. The predicted molar refractivity (Wildman–Crippen MR) is 125 cm³/mol. The van der Waals surface area contributed by atoms with Gasteiger partial charge in [0.2, 0.25) is 29.0 Å². The minimum Gasteiger partial charge on any atom is -0.349 e. The standard InChI is InChI=1S/C27H17FN2O7/c1-13-12-16(30(35)36)10-11-19(13)29-25(33)20-21(26(29)34)27(37-22(20)14-6-8-15(28)9-7-14)23(31)17-4-2-3-5-18(17)24(27)32/h2-12,20-22H,1H3/t20-,21+,22-/m1/s1. The van der Waals surface area contributed by atoms with Crippen LogP contribution in [0.5, 0.6) is 0 Å². The molecule has 0 bridgehead atoms. The smallest absolute Gasteiger partial charge is 0.269 e. The molecule has 3 aromatic rings. The SMILES string of the molecule is Cc1cc([N+](=O)[O-])ccc1N1C(=O)[C@H]2[C@@H](c3ccc(F)cc3)OC3(C(=O)c4ccccc4C3=O)[C@@H]2C1=O. The van der Waals surface area contributed by atoms with E-state index < -0.39 is 57.7 Å². The van der Waals surface area contributed by atoms with Crippen LogP contribution in [0.25, 0.3) is 0 Å². The van der Waals surface area contributed by atoms with E-state index in [2.05, 4.69) is 0 Å². The number of carbonyl (C=O) groups is 4. The monoisotopic (exact) mass is 500 g/mol. The number of rotatable bonds is 3. The minimum atomic E-state index is -2.26. The minimum absolute atomic E-state index is 0.0937. The lowest BCUT2D eigenvalue weighted by Crippen LogP contribution is -2.51. The van der Waals surface area contributed by atoms with Crippen LogP contribution in [0.3, 0.4) is 0 Å². The van der Waals surface area contributed by atoms with Gasteiger partial charge in [-0.15, -0.1) is 0 Å². The molecule has 6 rings (SSSR count). The summed E-state index contributed by atoms with van der Waals surface area (Å²) < 4.78 is 19.8. The van der Waals surface area contributed by atoms with Gasteiger partial charge in [-0.05, 0) is 36.2 Å². The number of nitro groups is 1. The average Bonchev–Trinajstić information content (AvgIpc) is 3.45. The van der Waals surface area contributed by atoms with Crippen LogP contribution in [0.4, 0.5) is 15.8 Å². The number of fused-ring (bicyclic) bond motifs is 3. The molecule has 3 aliphatic rings. The quantitative estimate of drug-likeness (QED) is 0.232. The molecule has 2 fully saturated rings. The normalized spacial score (nSPS) is 23.6. The molecule has 9 nitrogen and oxygen atoms in total. The molecule has 2 heterocycles. The summed E-state index contributed by atoms with van der Waals surface area (Å²) in [4.78, 5) is 66.7. The van der Waals surface area contributed by atoms with Crippen molar-refractivity contribution in [3.05, 3.63) is 105 Å². The van der Waals surface area contributed by atoms with Crippen LogP contribution < -0.4 is 4.90 Å². The van der Waals surface area contributed by atoms with Crippen molar-refractivity contribution in [2.45, 2.75) is 18.6 Å². The molecule has 3 atom stereocenters. The summed E-state index contributed by atoms with van der Waals surface area (Å²) in [5, 5.41) is 11.2. The van der Waals surface area contributed by atoms with Crippen molar-refractivity contribution in [2.24, 2.45) is 11.8 Å². The molecule has 37 heavy (non-hydrogen) atoms. The van der Waals surface area contributed by atoms with Gasteiger partial charge in [0, 0.05) is 23.3 Å². The van der Waals surface area contributed by atoms with Crippen LogP contribution in [-0.4, -0.2) is 33.9 Å². The molecule has 2 saturated heterocycles. The largest absolute Gasteiger partial charge is 0.349 e. The molecule has 3 aromatic carbocycles. The Bertz CT molecular complexity index is 1530. The van der Waals surface area contributed by atoms with Gasteiger partial charge < -0.3 is 4.74 Å². The van der Waals surface area contributed by atoms with Crippen molar-refractivity contribution in [2.75, 3.05) is 4.90 Å². The van der Waals surface area contributed by atoms with Crippen LogP contribution in [-0.2, 0) is 14.3 Å². The van der Waals surface area contributed by atoms with Gasteiger partial charge in [-0.3, -0.25) is 29.3 Å². The van der Waals surface area contributed by atoms with E-state index in [1.807, 2.05) is 0 Å². The van der Waals surface area contributed by atoms with E-state index >= 15 is 0 Å². The Balaban J connectivity index is 1.53. The van der Waals surface area contributed by atoms with Gasteiger partial charge in [0.15, 0.2) is 0 Å². The lowest BCUT2D eigenvalue weighted by atomic mass is 9.77. The number of Topliss-reactive ketones (excluding diaryl/α,β-unsaturated/α-hetero) is 2. The topological polar surface area (TPSA) is 124 Å². The van der Waals surface area contributed by atoms with Crippen LogP contribution in [0, 0.1) is 34.7 Å². The van der Waals surface area contributed by atoms with Crippen molar-refractivity contribution in [3.8, 4) is 0 Å². The number of anilines is 1. The summed E-state index contributed by atoms with van der Waals surface area (Å²) in [5.74, 6) is -6.22. The van der Waals surface area contributed by atoms with E-state index in [-0.39, 0.29) is 28.1 Å². The van der Waals surface area contributed by atoms with Gasteiger partial charge >= 0.3 is 0 Å². The van der Waals surface area contributed by atoms with Gasteiger partial charge in [-0.1, -0.05) is 36.4 Å². The Hall–Kier alpha value is -4.57. The lowest BCUT2D eigenvalue weighted by molar-refractivity contribution is -0.384. The fourth-order valence-corrected chi connectivity index (χ4v) is 5.71. The molecular weight excluding hydrogens is 483 g/mol. The Morgan fingerprint density at radius 2 is 1.54 bits per heavy atom. The van der Waals surface area contributed by atoms with Gasteiger partial charge in [0.1, 0.15) is 5.82 Å². The van der Waals surface area contributed by atoms with Crippen LogP contribution in [0.2, 0.25) is 0 Å². The number of benzene rings is 3. The molecule has 1 spiro atoms. The first kappa shape index (κ1) is 22.9. The second-order valence-electron chi connectivity index (χ2n) is 9.27. The molecule has 2 aliphatic heterocycles. The zero-order valence-corrected chi connectivity index (χ0v) is 19.2. The Kier molecular flexibility index (Phi) is 4.77. The number of hydrogen-bond acceptors (Lipinski definition) is 7. The summed E-state index contributed by atoms with van der Waals surface area (Å²) in [6, 6.07) is 14.9. The number of imide groups is 1. The number of amides is 2. The fourth-order valence-electron chi connectivity index (χ4n) is 5.71. The molecule has 2 amide bonds.